The van der Waals surface area contributed by atoms with Crippen molar-refractivity contribution in [1.29, 1.82) is 5.26 Å². The lowest BCUT2D eigenvalue weighted by molar-refractivity contribution is -0.116. The Morgan fingerprint density at radius 2 is 1.88 bits per heavy atom. The molecule has 0 saturated heterocycles. The molecule has 136 valence electrons. The highest BCUT2D eigenvalue weighted by molar-refractivity contribution is 7.88. The van der Waals surface area contributed by atoms with Crippen LogP contribution in [0, 0.1) is 11.3 Å². The summed E-state index contributed by atoms with van der Waals surface area (Å²) in [5, 5.41) is 11.5. The molecule has 1 N–H and O–H groups in total. The fourth-order valence-electron chi connectivity index (χ4n) is 2.49. The van der Waals surface area contributed by atoms with Gasteiger partial charge in [0.15, 0.2) is 0 Å². The van der Waals surface area contributed by atoms with Crippen LogP contribution in [0.15, 0.2) is 54.6 Å². The monoisotopic (exact) mass is 371 g/mol. The van der Waals surface area contributed by atoms with Gasteiger partial charge in [0.1, 0.15) is 0 Å². The van der Waals surface area contributed by atoms with Gasteiger partial charge in [-0.05, 0) is 36.6 Å². The van der Waals surface area contributed by atoms with E-state index < -0.39 is 15.9 Å². The highest BCUT2D eigenvalue weighted by atomic mass is 32.2. The van der Waals surface area contributed by atoms with Gasteiger partial charge in [-0.1, -0.05) is 36.4 Å². The van der Waals surface area contributed by atoms with Gasteiger partial charge >= 0.3 is 0 Å². The number of hydrogen-bond donors (Lipinski definition) is 1. The minimum absolute atomic E-state index is 0.260. The van der Waals surface area contributed by atoms with Gasteiger partial charge < -0.3 is 5.32 Å². The predicted molar refractivity (Wildman–Crippen MR) is 101 cm³/mol. The largest absolute Gasteiger partial charge is 0.325 e. The average Bonchev–Trinajstić information content (AvgIpc) is 2.61. The lowest BCUT2D eigenvalue weighted by Crippen LogP contribution is -2.38. The summed E-state index contributed by atoms with van der Waals surface area (Å²) >= 11 is 0. The molecule has 0 heterocycles. The second-order valence-electron chi connectivity index (χ2n) is 5.93. The van der Waals surface area contributed by atoms with Crippen molar-refractivity contribution in [2.45, 2.75) is 12.8 Å². The fourth-order valence-corrected chi connectivity index (χ4v) is 3.31. The second-order valence-corrected chi connectivity index (χ2v) is 7.91. The normalized spacial score (nSPS) is 11.1. The molecule has 0 aliphatic rings. The third-order valence-electron chi connectivity index (χ3n) is 3.78. The molecule has 0 atom stereocenters. The number of sulfonamides is 1. The van der Waals surface area contributed by atoms with Crippen LogP contribution in [0.2, 0.25) is 0 Å². The van der Waals surface area contributed by atoms with E-state index in [1.165, 1.54) is 10.4 Å². The van der Waals surface area contributed by atoms with E-state index in [4.69, 9.17) is 5.26 Å². The molecule has 0 aliphatic carbocycles. The predicted octanol–water partition coefficient (Wildman–Crippen LogP) is 2.39. The summed E-state index contributed by atoms with van der Waals surface area (Å²) in [6.07, 6.45) is 2.45. The van der Waals surface area contributed by atoms with Crippen LogP contribution in [0.25, 0.3) is 0 Å². The third kappa shape index (κ3) is 6.31. The minimum atomic E-state index is -3.50. The van der Waals surface area contributed by atoms with Crippen LogP contribution in [0.4, 0.5) is 5.69 Å². The molecule has 0 fully saturated rings. The molecule has 2 rings (SSSR count). The Morgan fingerprint density at radius 1 is 1.15 bits per heavy atom. The van der Waals surface area contributed by atoms with E-state index in [9.17, 15) is 13.2 Å². The molecule has 0 unspecified atom stereocenters. The quantitative estimate of drug-likeness (QED) is 0.771. The van der Waals surface area contributed by atoms with Crippen molar-refractivity contribution in [2.24, 2.45) is 0 Å². The van der Waals surface area contributed by atoms with Gasteiger partial charge in [-0.2, -0.15) is 9.57 Å². The third-order valence-corrected chi connectivity index (χ3v) is 5.03. The molecule has 0 spiro atoms. The molecule has 2 aromatic carbocycles. The first kappa shape index (κ1) is 19.6. The zero-order valence-electron chi connectivity index (χ0n) is 14.6. The smallest absolute Gasteiger partial charge is 0.239 e. The lowest BCUT2D eigenvalue weighted by Gasteiger charge is -2.19. The van der Waals surface area contributed by atoms with Crippen molar-refractivity contribution in [2.75, 3.05) is 24.7 Å². The number of nitrogens with one attached hydrogen (secondary N) is 1. The Labute approximate surface area is 154 Å². The Bertz CT molecular complexity index is 890. The zero-order chi connectivity index (χ0) is 19.0. The van der Waals surface area contributed by atoms with Crippen LogP contribution in [0.5, 0.6) is 0 Å². The van der Waals surface area contributed by atoms with E-state index in [-0.39, 0.29) is 13.1 Å². The average molecular weight is 371 g/mol. The molecule has 0 bridgehead atoms. The van der Waals surface area contributed by atoms with Crippen molar-refractivity contribution in [3.8, 4) is 6.07 Å². The van der Waals surface area contributed by atoms with Crippen molar-refractivity contribution < 1.29 is 13.2 Å². The number of benzene rings is 2. The fraction of sp³-hybridized carbons (Fsp3) is 0.263. The van der Waals surface area contributed by atoms with Crippen LogP contribution < -0.4 is 5.32 Å². The second kappa shape index (κ2) is 9.13. The van der Waals surface area contributed by atoms with Gasteiger partial charge in [-0.3, -0.25) is 4.79 Å². The first-order valence-electron chi connectivity index (χ1n) is 8.17. The first-order valence-corrected chi connectivity index (χ1v) is 10.0. The number of rotatable bonds is 8. The number of carbonyl (C=O) groups excluding carboxylic acids is 1. The standard InChI is InChI=1S/C19H21N3O3S/c1-26(24,25)22(12-6-10-16-7-3-2-4-8-16)15-19(23)21-18-11-5-9-17(13-18)14-20/h2-5,7-9,11,13H,6,10,12,15H2,1H3,(H,21,23). The SMILES string of the molecule is CS(=O)(=O)N(CCCc1ccccc1)CC(=O)Nc1cccc(C#N)c1. The number of amides is 1. The van der Waals surface area contributed by atoms with E-state index in [0.29, 0.717) is 17.7 Å². The summed E-state index contributed by atoms with van der Waals surface area (Å²) in [6.45, 7) is 0.00376. The van der Waals surface area contributed by atoms with Crippen LogP contribution in [0.1, 0.15) is 17.5 Å². The highest BCUT2D eigenvalue weighted by Gasteiger charge is 2.19. The van der Waals surface area contributed by atoms with Crippen LogP contribution in [0.3, 0.4) is 0 Å². The Hall–Kier alpha value is -2.69. The lowest BCUT2D eigenvalue weighted by atomic mass is 10.1. The topological polar surface area (TPSA) is 90.3 Å². The first-order chi connectivity index (χ1) is 12.4. The van der Waals surface area contributed by atoms with E-state index >= 15 is 0 Å². The van der Waals surface area contributed by atoms with E-state index in [1.807, 2.05) is 36.4 Å². The number of carbonyl (C=O) groups is 1. The summed E-state index contributed by atoms with van der Waals surface area (Å²) in [5.74, 6) is -0.440. The zero-order valence-corrected chi connectivity index (χ0v) is 15.4. The van der Waals surface area contributed by atoms with Gasteiger partial charge in [0.25, 0.3) is 0 Å². The maximum atomic E-state index is 12.2. The van der Waals surface area contributed by atoms with Gasteiger partial charge in [0, 0.05) is 12.2 Å². The Morgan fingerprint density at radius 3 is 2.54 bits per heavy atom. The number of nitrogens with zero attached hydrogens (tertiary/aromatic N) is 2. The molecular formula is C19H21N3O3S. The maximum absolute atomic E-state index is 12.2. The van der Waals surface area contributed by atoms with Gasteiger partial charge in [0.2, 0.25) is 15.9 Å². The molecule has 2 aromatic rings. The molecule has 0 aliphatic heterocycles. The van der Waals surface area contributed by atoms with Crippen molar-refractivity contribution in [1.82, 2.24) is 4.31 Å². The molecule has 0 radical (unpaired) electrons. The molecule has 7 heteroatoms. The summed E-state index contributed by atoms with van der Waals surface area (Å²) in [4.78, 5) is 12.2. The molecule has 26 heavy (non-hydrogen) atoms. The van der Waals surface area contributed by atoms with Crippen molar-refractivity contribution in [3.05, 3.63) is 65.7 Å². The van der Waals surface area contributed by atoms with E-state index in [0.717, 1.165) is 18.2 Å². The molecule has 6 nitrogen and oxygen atoms in total. The minimum Gasteiger partial charge on any atom is -0.325 e. The van der Waals surface area contributed by atoms with Gasteiger partial charge in [-0.15, -0.1) is 0 Å². The van der Waals surface area contributed by atoms with Crippen molar-refractivity contribution in [3.63, 3.8) is 0 Å². The van der Waals surface area contributed by atoms with Crippen LogP contribution in [-0.2, 0) is 21.2 Å². The molecule has 1 amide bonds. The Balaban J connectivity index is 1.94. The van der Waals surface area contributed by atoms with Crippen molar-refractivity contribution >= 4 is 21.6 Å². The van der Waals surface area contributed by atoms with Crippen LogP contribution >= 0.6 is 0 Å². The summed E-state index contributed by atoms with van der Waals surface area (Å²) in [5.41, 5.74) is 2.01. The number of anilines is 1. The van der Waals surface area contributed by atoms with E-state index in [2.05, 4.69) is 5.32 Å². The number of aryl methyl sites for hydroxylation is 1. The molecule has 0 saturated carbocycles. The summed E-state index contributed by atoms with van der Waals surface area (Å²) in [7, 11) is -3.50. The molecule has 0 aromatic heterocycles. The number of nitriles is 1. The summed E-state index contributed by atoms with van der Waals surface area (Å²) < 4.78 is 25.1. The Kier molecular flexibility index (Phi) is 6.89. The van der Waals surface area contributed by atoms with Crippen LogP contribution in [-0.4, -0.2) is 38.0 Å². The number of hydrogen-bond acceptors (Lipinski definition) is 4. The maximum Gasteiger partial charge on any atom is 0.239 e. The van der Waals surface area contributed by atoms with E-state index in [1.54, 1.807) is 18.2 Å². The van der Waals surface area contributed by atoms with Gasteiger partial charge in [-0.25, -0.2) is 8.42 Å². The molecular weight excluding hydrogens is 350 g/mol. The van der Waals surface area contributed by atoms with Gasteiger partial charge in [0.05, 0.1) is 24.4 Å². The summed E-state index contributed by atoms with van der Waals surface area (Å²) in [6, 6.07) is 18.2. The highest BCUT2D eigenvalue weighted by Crippen LogP contribution is 2.11.